The summed E-state index contributed by atoms with van der Waals surface area (Å²) in [5.41, 5.74) is 1.67. The molecule has 0 saturated carbocycles. The zero-order chi connectivity index (χ0) is 11.0. The van der Waals surface area contributed by atoms with E-state index in [1.807, 2.05) is 19.9 Å². The number of methoxy groups -OCH3 is 1. The van der Waals surface area contributed by atoms with Gasteiger partial charge in [-0.05, 0) is 31.4 Å². The van der Waals surface area contributed by atoms with E-state index in [9.17, 15) is 5.11 Å². The number of aromatic hydroxyl groups is 1. The Morgan fingerprint density at radius 3 is 2.67 bits per heavy atom. The van der Waals surface area contributed by atoms with Crippen LogP contribution in [0.5, 0.6) is 11.5 Å². The maximum absolute atomic E-state index is 9.72. The van der Waals surface area contributed by atoms with Crippen LogP contribution >= 0.6 is 0 Å². The Hall–Kier alpha value is -1.77. The van der Waals surface area contributed by atoms with Crippen molar-refractivity contribution in [1.82, 2.24) is 4.98 Å². The first kappa shape index (κ1) is 9.77. The van der Waals surface area contributed by atoms with E-state index in [4.69, 9.17) is 4.74 Å². The summed E-state index contributed by atoms with van der Waals surface area (Å²) in [6, 6.07) is 3.67. The number of aromatic nitrogens is 1. The van der Waals surface area contributed by atoms with Gasteiger partial charge in [0.25, 0.3) is 0 Å². The van der Waals surface area contributed by atoms with Crippen molar-refractivity contribution in [2.75, 3.05) is 7.11 Å². The molecule has 0 spiro atoms. The molecule has 3 nitrogen and oxygen atoms in total. The average molecular weight is 203 g/mol. The molecule has 0 aliphatic carbocycles. The molecule has 15 heavy (non-hydrogen) atoms. The summed E-state index contributed by atoms with van der Waals surface area (Å²) in [6.45, 7) is 3.75. The molecule has 0 atom stereocenters. The summed E-state index contributed by atoms with van der Waals surface area (Å²) < 4.78 is 5.28. The number of phenols is 1. The van der Waals surface area contributed by atoms with Gasteiger partial charge in [0.05, 0.1) is 7.11 Å². The standard InChI is InChI=1S/C12H13NO2/c1-7-4-9-5-11(14)8(2)12(15-3)10(9)6-13-7/h4-6,14H,1-3H3. The fourth-order valence-electron chi connectivity index (χ4n) is 1.73. The lowest BCUT2D eigenvalue weighted by molar-refractivity contribution is 0.408. The predicted molar refractivity (Wildman–Crippen MR) is 59.4 cm³/mol. The molecule has 1 aromatic heterocycles. The van der Waals surface area contributed by atoms with E-state index in [0.29, 0.717) is 5.75 Å². The molecule has 2 aromatic rings. The van der Waals surface area contributed by atoms with Crippen molar-refractivity contribution < 1.29 is 9.84 Å². The quantitative estimate of drug-likeness (QED) is 0.774. The third-order valence-electron chi connectivity index (χ3n) is 2.54. The van der Waals surface area contributed by atoms with E-state index < -0.39 is 0 Å². The van der Waals surface area contributed by atoms with Crippen molar-refractivity contribution in [3.05, 3.63) is 29.6 Å². The summed E-state index contributed by atoms with van der Waals surface area (Å²) >= 11 is 0. The molecule has 1 N–H and O–H groups in total. The van der Waals surface area contributed by atoms with Crippen LogP contribution in [-0.4, -0.2) is 17.2 Å². The van der Waals surface area contributed by atoms with Gasteiger partial charge in [-0.2, -0.15) is 0 Å². The van der Waals surface area contributed by atoms with E-state index in [-0.39, 0.29) is 5.75 Å². The molecule has 0 radical (unpaired) electrons. The molecule has 0 aliphatic rings. The van der Waals surface area contributed by atoms with Crippen molar-refractivity contribution >= 4 is 10.8 Å². The Labute approximate surface area is 88.3 Å². The van der Waals surface area contributed by atoms with Gasteiger partial charge >= 0.3 is 0 Å². The van der Waals surface area contributed by atoms with Crippen LogP contribution in [0.3, 0.4) is 0 Å². The highest BCUT2D eigenvalue weighted by atomic mass is 16.5. The number of hydrogen-bond donors (Lipinski definition) is 1. The number of pyridine rings is 1. The number of hydrogen-bond acceptors (Lipinski definition) is 3. The Bertz CT molecular complexity index is 521. The summed E-state index contributed by atoms with van der Waals surface area (Å²) in [5, 5.41) is 11.6. The normalized spacial score (nSPS) is 10.6. The topological polar surface area (TPSA) is 42.4 Å². The van der Waals surface area contributed by atoms with Crippen LogP contribution in [0.25, 0.3) is 10.8 Å². The second kappa shape index (κ2) is 3.42. The lowest BCUT2D eigenvalue weighted by Gasteiger charge is -2.10. The monoisotopic (exact) mass is 203 g/mol. The minimum Gasteiger partial charge on any atom is -0.508 e. The minimum atomic E-state index is 0.255. The van der Waals surface area contributed by atoms with Gasteiger partial charge in [0.2, 0.25) is 0 Å². The van der Waals surface area contributed by atoms with Crippen molar-refractivity contribution in [3.63, 3.8) is 0 Å². The third-order valence-corrected chi connectivity index (χ3v) is 2.54. The number of aryl methyl sites for hydroxylation is 1. The Morgan fingerprint density at radius 2 is 2.00 bits per heavy atom. The van der Waals surface area contributed by atoms with Crippen LogP contribution in [-0.2, 0) is 0 Å². The second-order valence-corrected chi connectivity index (χ2v) is 3.60. The summed E-state index contributed by atoms with van der Waals surface area (Å²) in [7, 11) is 1.60. The van der Waals surface area contributed by atoms with Crippen LogP contribution in [0, 0.1) is 13.8 Å². The molecular formula is C12H13NO2. The zero-order valence-corrected chi connectivity index (χ0v) is 9.03. The van der Waals surface area contributed by atoms with Crippen LogP contribution in [0.15, 0.2) is 18.3 Å². The van der Waals surface area contributed by atoms with E-state index in [1.54, 1.807) is 19.4 Å². The molecule has 3 heteroatoms. The first-order valence-electron chi connectivity index (χ1n) is 4.76. The summed E-state index contributed by atoms with van der Waals surface area (Å²) in [5.74, 6) is 0.947. The fourth-order valence-corrected chi connectivity index (χ4v) is 1.73. The van der Waals surface area contributed by atoms with Gasteiger partial charge in [0.15, 0.2) is 0 Å². The van der Waals surface area contributed by atoms with E-state index in [1.165, 1.54) is 0 Å². The fraction of sp³-hybridized carbons (Fsp3) is 0.250. The predicted octanol–water partition coefficient (Wildman–Crippen LogP) is 2.57. The highest BCUT2D eigenvalue weighted by molar-refractivity contribution is 5.90. The van der Waals surface area contributed by atoms with E-state index in [0.717, 1.165) is 22.0 Å². The number of nitrogens with zero attached hydrogens (tertiary/aromatic N) is 1. The van der Waals surface area contributed by atoms with Crippen LogP contribution in [0.4, 0.5) is 0 Å². The third kappa shape index (κ3) is 1.50. The van der Waals surface area contributed by atoms with Crippen molar-refractivity contribution in [3.8, 4) is 11.5 Å². The minimum absolute atomic E-state index is 0.255. The van der Waals surface area contributed by atoms with Gasteiger partial charge < -0.3 is 9.84 Å². The number of ether oxygens (including phenoxy) is 1. The molecule has 2 rings (SSSR count). The SMILES string of the molecule is COc1c(C)c(O)cc2cc(C)ncc12. The van der Waals surface area contributed by atoms with Crippen molar-refractivity contribution in [2.24, 2.45) is 0 Å². The number of benzene rings is 1. The van der Waals surface area contributed by atoms with Crippen molar-refractivity contribution in [2.45, 2.75) is 13.8 Å². The lowest BCUT2D eigenvalue weighted by atomic mass is 10.1. The van der Waals surface area contributed by atoms with Crippen LogP contribution in [0.1, 0.15) is 11.3 Å². The second-order valence-electron chi connectivity index (χ2n) is 3.60. The molecule has 0 amide bonds. The molecule has 0 bridgehead atoms. The Morgan fingerprint density at radius 1 is 1.27 bits per heavy atom. The maximum Gasteiger partial charge on any atom is 0.134 e. The molecule has 1 heterocycles. The van der Waals surface area contributed by atoms with Gasteiger partial charge in [0, 0.05) is 22.8 Å². The molecule has 78 valence electrons. The molecule has 1 aromatic carbocycles. The first-order chi connectivity index (χ1) is 7.13. The van der Waals surface area contributed by atoms with Crippen LogP contribution < -0.4 is 4.74 Å². The van der Waals surface area contributed by atoms with Gasteiger partial charge in [-0.15, -0.1) is 0 Å². The molecular weight excluding hydrogens is 190 g/mol. The first-order valence-corrected chi connectivity index (χ1v) is 4.76. The largest absolute Gasteiger partial charge is 0.508 e. The smallest absolute Gasteiger partial charge is 0.134 e. The zero-order valence-electron chi connectivity index (χ0n) is 9.03. The lowest BCUT2D eigenvalue weighted by Crippen LogP contribution is -1.91. The molecule has 0 fully saturated rings. The maximum atomic E-state index is 9.72. The molecule has 0 aliphatic heterocycles. The van der Waals surface area contributed by atoms with Gasteiger partial charge in [-0.1, -0.05) is 0 Å². The average Bonchev–Trinajstić information content (AvgIpc) is 2.20. The van der Waals surface area contributed by atoms with Gasteiger partial charge in [-0.25, -0.2) is 0 Å². The number of fused-ring (bicyclic) bond motifs is 1. The highest BCUT2D eigenvalue weighted by Gasteiger charge is 2.10. The van der Waals surface area contributed by atoms with Gasteiger partial charge in [0.1, 0.15) is 11.5 Å². The summed E-state index contributed by atoms with van der Waals surface area (Å²) in [6.07, 6.45) is 1.77. The highest BCUT2D eigenvalue weighted by Crippen LogP contribution is 2.35. The Balaban J connectivity index is 2.88. The molecule has 0 unspecified atom stereocenters. The van der Waals surface area contributed by atoms with Gasteiger partial charge in [-0.3, -0.25) is 4.98 Å². The Kier molecular flexibility index (Phi) is 2.23. The van der Waals surface area contributed by atoms with E-state index in [2.05, 4.69) is 4.98 Å². The van der Waals surface area contributed by atoms with E-state index >= 15 is 0 Å². The van der Waals surface area contributed by atoms with Crippen molar-refractivity contribution in [1.29, 1.82) is 0 Å². The number of rotatable bonds is 1. The van der Waals surface area contributed by atoms with Crippen LogP contribution in [0.2, 0.25) is 0 Å². The summed E-state index contributed by atoms with van der Waals surface area (Å²) in [4.78, 5) is 4.23. The molecule has 0 saturated heterocycles. The number of phenolic OH excluding ortho intramolecular Hbond substituents is 1.